The lowest BCUT2D eigenvalue weighted by Crippen LogP contribution is -2.26. The summed E-state index contributed by atoms with van der Waals surface area (Å²) in [7, 11) is 1.57. The van der Waals surface area contributed by atoms with Gasteiger partial charge in [0.05, 0.1) is 6.07 Å². The average molecular weight is 214 g/mol. The van der Waals surface area contributed by atoms with Crippen molar-refractivity contribution in [2.45, 2.75) is 0 Å². The van der Waals surface area contributed by atoms with Crippen molar-refractivity contribution < 1.29 is 9.21 Å². The minimum Gasteiger partial charge on any atom is -0.451 e. The first-order valence-corrected chi connectivity index (χ1v) is 4.83. The number of furan rings is 1. The summed E-state index contributed by atoms with van der Waals surface area (Å²) < 4.78 is 5.40. The van der Waals surface area contributed by atoms with Gasteiger partial charge in [0.1, 0.15) is 12.1 Å². The van der Waals surface area contributed by atoms with Crippen molar-refractivity contribution in [3.05, 3.63) is 36.1 Å². The number of fused-ring (bicyclic) bond motifs is 1. The molecular weight excluding hydrogens is 204 g/mol. The number of hydrogen-bond acceptors (Lipinski definition) is 3. The zero-order valence-electron chi connectivity index (χ0n) is 8.80. The SMILES string of the molecule is CN(CC#N)C(=O)c1cc2ccccc2o1. The molecule has 0 radical (unpaired) electrons. The van der Waals surface area contributed by atoms with E-state index in [1.54, 1.807) is 19.2 Å². The summed E-state index contributed by atoms with van der Waals surface area (Å²) in [6.07, 6.45) is 0. The van der Waals surface area contributed by atoms with Crippen LogP contribution in [0.5, 0.6) is 0 Å². The van der Waals surface area contributed by atoms with Gasteiger partial charge in [0.2, 0.25) is 0 Å². The van der Waals surface area contributed by atoms with Gasteiger partial charge in [0, 0.05) is 12.4 Å². The molecule has 16 heavy (non-hydrogen) atoms. The number of carbonyl (C=O) groups excluding carboxylic acids is 1. The number of benzene rings is 1. The standard InChI is InChI=1S/C12H10N2O2/c1-14(7-6-13)12(15)11-8-9-4-2-3-5-10(9)16-11/h2-5,8H,7H2,1H3. The van der Waals surface area contributed by atoms with E-state index in [2.05, 4.69) is 0 Å². The lowest BCUT2D eigenvalue weighted by Gasteiger charge is -2.09. The highest BCUT2D eigenvalue weighted by molar-refractivity contribution is 5.96. The molecule has 4 heteroatoms. The number of nitrogens with zero attached hydrogens (tertiary/aromatic N) is 2. The molecule has 0 spiro atoms. The van der Waals surface area contributed by atoms with Crippen molar-refractivity contribution >= 4 is 16.9 Å². The van der Waals surface area contributed by atoms with E-state index < -0.39 is 0 Å². The van der Waals surface area contributed by atoms with Crippen LogP contribution in [0.4, 0.5) is 0 Å². The molecule has 1 aromatic carbocycles. The summed E-state index contributed by atoms with van der Waals surface area (Å²) in [5.74, 6) is -0.0169. The highest BCUT2D eigenvalue weighted by atomic mass is 16.3. The second kappa shape index (κ2) is 4.07. The zero-order chi connectivity index (χ0) is 11.5. The topological polar surface area (TPSA) is 57.2 Å². The molecule has 1 aromatic heterocycles. The van der Waals surface area contributed by atoms with Gasteiger partial charge in [0.15, 0.2) is 5.76 Å². The molecule has 0 atom stereocenters. The molecule has 0 saturated heterocycles. The Morgan fingerprint density at radius 2 is 2.25 bits per heavy atom. The molecular formula is C12H10N2O2. The highest BCUT2D eigenvalue weighted by Gasteiger charge is 2.15. The van der Waals surface area contributed by atoms with Gasteiger partial charge in [-0.3, -0.25) is 4.79 Å². The van der Waals surface area contributed by atoms with Gasteiger partial charge < -0.3 is 9.32 Å². The van der Waals surface area contributed by atoms with Crippen LogP contribution in [-0.4, -0.2) is 24.4 Å². The number of carbonyl (C=O) groups is 1. The molecule has 80 valence electrons. The molecule has 4 nitrogen and oxygen atoms in total. The number of rotatable bonds is 2. The van der Waals surface area contributed by atoms with Crippen LogP contribution < -0.4 is 0 Å². The Morgan fingerprint density at radius 1 is 1.50 bits per heavy atom. The van der Waals surface area contributed by atoms with Crippen LogP contribution in [-0.2, 0) is 0 Å². The minimum atomic E-state index is -0.280. The maximum absolute atomic E-state index is 11.8. The van der Waals surface area contributed by atoms with Crippen LogP contribution >= 0.6 is 0 Å². The summed E-state index contributed by atoms with van der Waals surface area (Å²) >= 11 is 0. The van der Waals surface area contributed by atoms with Crippen molar-refractivity contribution in [2.75, 3.05) is 13.6 Å². The Hall–Kier alpha value is -2.28. The van der Waals surface area contributed by atoms with Gasteiger partial charge in [-0.1, -0.05) is 18.2 Å². The summed E-state index contributed by atoms with van der Waals surface area (Å²) in [5.41, 5.74) is 0.677. The summed E-state index contributed by atoms with van der Waals surface area (Å²) in [6, 6.07) is 11.0. The number of para-hydroxylation sites is 1. The summed E-state index contributed by atoms with van der Waals surface area (Å²) in [4.78, 5) is 13.1. The van der Waals surface area contributed by atoms with Crippen molar-refractivity contribution in [2.24, 2.45) is 0 Å². The van der Waals surface area contributed by atoms with Gasteiger partial charge >= 0.3 is 0 Å². The molecule has 2 aromatic rings. The van der Waals surface area contributed by atoms with Crippen LogP contribution in [0.2, 0.25) is 0 Å². The second-order valence-electron chi connectivity index (χ2n) is 3.47. The van der Waals surface area contributed by atoms with Gasteiger partial charge in [-0.15, -0.1) is 0 Å². The van der Waals surface area contributed by atoms with E-state index in [4.69, 9.17) is 9.68 Å². The third kappa shape index (κ3) is 1.75. The molecule has 2 rings (SSSR count). The Bertz CT molecular complexity index is 533. The molecule has 0 unspecified atom stereocenters. The Morgan fingerprint density at radius 3 is 2.94 bits per heavy atom. The summed E-state index contributed by atoms with van der Waals surface area (Å²) in [6.45, 7) is 0.0515. The van der Waals surface area contributed by atoms with Crippen LogP contribution in [0.3, 0.4) is 0 Å². The van der Waals surface area contributed by atoms with E-state index in [0.29, 0.717) is 5.58 Å². The number of hydrogen-bond donors (Lipinski definition) is 0. The first-order chi connectivity index (χ1) is 7.72. The van der Waals surface area contributed by atoms with Crippen LogP contribution in [0.1, 0.15) is 10.6 Å². The van der Waals surface area contributed by atoms with Crippen molar-refractivity contribution in [3.8, 4) is 6.07 Å². The Kier molecular flexibility index (Phi) is 2.61. The van der Waals surface area contributed by atoms with Gasteiger partial charge in [-0.25, -0.2) is 0 Å². The van der Waals surface area contributed by atoms with E-state index in [1.807, 2.05) is 24.3 Å². The molecule has 0 bridgehead atoms. The lowest BCUT2D eigenvalue weighted by atomic mass is 10.2. The average Bonchev–Trinajstić information content (AvgIpc) is 2.71. The normalized spacial score (nSPS) is 10.0. The van der Waals surface area contributed by atoms with Crippen LogP contribution in [0.25, 0.3) is 11.0 Å². The monoisotopic (exact) mass is 214 g/mol. The largest absolute Gasteiger partial charge is 0.451 e. The maximum Gasteiger partial charge on any atom is 0.290 e. The Labute approximate surface area is 92.7 Å². The quantitative estimate of drug-likeness (QED) is 0.718. The molecule has 0 aliphatic rings. The molecule has 0 saturated carbocycles. The van der Waals surface area contributed by atoms with Crippen molar-refractivity contribution in [1.82, 2.24) is 4.90 Å². The number of amides is 1. The highest BCUT2D eigenvalue weighted by Crippen LogP contribution is 2.19. The molecule has 0 fully saturated rings. The predicted octanol–water partition coefficient (Wildman–Crippen LogP) is 2.03. The lowest BCUT2D eigenvalue weighted by molar-refractivity contribution is 0.0783. The fourth-order valence-corrected chi connectivity index (χ4v) is 1.45. The summed E-state index contributed by atoms with van der Waals surface area (Å²) in [5, 5.41) is 9.38. The van der Waals surface area contributed by atoms with E-state index in [9.17, 15) is 4.79 Å². The maximum atomic E-state index is 11.8. The molecule has 1 heterocycles. The number of nitriles is 1. The first kappa shape index (κ1) is 10.2. The van der Waals surface area contributed by atoms with Crippen LogP contribution in [0, 0.1) is 11.3 Å². The first-order valence-electron chi connectivity index (χ1n) is 4.83. The minimum absolute atomic E-state index is 0.0515. The Balaban J connectivity index is 2.34. The van der Waals surface area contributed by atoms with E-state index in [-0.39, 0.29) is 18.2 Å². The van der Waals surface area contributed by atoms with Gasteiger partial charge in [-0.2, -0.15) is 5.26 Å². The third-order valence-electron chi connectivity index (χ3n) is 2.29. The predicted molar refractivity (Wildman–Crippen MR) is 58.8 cm³/mol. The van der Waals surface area contributed by atoms with Crippen LogP contribution in [0.15, 0.2) is 34.7 Å². The molecule has 0 N–H and O–H groups in total. The fraction of sp³-hybridized carbons (Fsp3) is 0.167. The van der Waals surface area contributed by atoms with E-state index >= 15 is 0 Å². The smallest absolute Gasteiger partial charge is 0.290 e. The molecule has 1 amide bonds. The van der Waals surface area contributed by atoms with Crippen molar-refractivity contribution in [3.63, 3.8) is 0 Å². The van der Waals surface area contributed by atoms with E-state index in [1.165, 1.54) is 4.90 Å². The third-order valence-corrected chi connectivity index (χ3v) is 2.29. The second-order valence-corrected chi connectivity index (χ2v) is 3.47. The van der Waals surface area contributed by atoms with Gasteiger partial charge in [0.25, 0.3) is 5.91 Å². The van der Waals surface area contributed by atoms with Gasteiger partial charge in [-0.05, 0) is 12.1 Å². The van der Waals surface area contributed by atoms with Crippen molar-refractivity contribution in [1.29, 1.82) is 5.26 Å². The van der Waals surface area contributed by atoms with E-state index in [0.717, 1.165) is 5.39 Å². The molecule has 0 aliphatic carbocycles. The molecule has 0 aliphatic heterocycles. The zero-order valence-corrected chi connectivity index (χ0v) is 8.80. The fourth-order valence-electron chi connectivity index (χ4n) is 1.45.